The van der Waals surface area contributed by atoms with Crippen molar-refractivity contribution in [2.24, 2.45) is 50.2 Å². The van der Waals surface area contributed by atoms with E-state index in [1.165, 1.54) is 5.57 Å². The zero-order valence-corrected chi connectivity index (χ0v) is 31.8. The monoisotopic (exact) mass is 684 g/mol. The Balaban J connectivity index is 1.56. The van der Waals surface area contributed by atoms with Crippen molar-refractivity contribution in [1.82, 2.24) is 0 Å². The zero-order valence-electron chi connectivity index (χ0n) is 31.8. The van der Waals surface area contributed by atoms with E-state index in [0.29, 0.717) is 30.4 Å². The van der Waals surface area contributed by atoms with E-state index in [9.17, 15) is 30.0 Å². The molecule has 12 atom stereocenters. The standard InChI is InChI=1S/C41H64O8/c1-11-24(4)34(46)48-23-38(9)28-16-19-39(10)29(37(28,8)18-17-30(38)43)15-14-26-27-20-36(6,7)33(49-35(47)25(5)12-2)32(45)41(27,22-42)31(44)21-40(26,39)13-3/h11-12,14,27-33,42-45H,13,15-23H2,1-10H3/b24-11+,25-12+/t27?,28?,29?,30-,31+,32-,33-,37-,38+,39+,40+,41-/m0/s1. The Labute approximate surface area is 294 Å². The summed E-state index contributed by atoms with van der Waals surface area (Å²) in [7, 11) is 0. The van der Waals surface area contributed by atoms with Crippen LogP contribution in [0.2, 0.25) is 0 Å². The molecule has 5 aliphatic rings. The molecule has 0 aromatic rings. The van der Waals surface area contributed by atoms with Crippen LogP contribution in [-0.2, 0) is 19.1 Å². The molecule has 0 aromatic carbocycles. The average Bonchev–Trinajstić information content (AvgIpc) is 3.06. The lowest BCUT2D eigenvalue weighted by molar-refractivity contribution is -0.265. The van der Waals surface area contributed by atoms with Gasteiger partial charge in [0, 0.05) is 22.0 Å². The number of carbonyl (C=O) groups excluding carboxylic acids is 2. The van der Waals surface area contributed by atoms with E-state index in [-0.39, 0.29) is 46.6 Å². The Morgan fingerprint density at radius 1 is 0.898 bits per heavy atom. The van der Waals surface area contributed by atoms with Crippen LogP contribution in [-0.4, -0.2) is 70.0 Å². The van der Waals surface area contributed by atoms with E-state index < -0.39 is 53.2 Å². The highest BCUT2D eigenvalue weighted by Gasteiger charge is 2.73. The van der Waals surface area contributed by atoms with Crippen LogP contribution in [0.5, 0.6) is 0 Å². The van der Waals surface area contributed by atoms with Crippen molar-refractivity contribution in [3.8, 4) is 0 Å². The third-order valence-electron chi connectivity index (χ3n) is 15.7. The molecule has 0 aromatic heterocycles. The molecule has 276 valence electrons. The van der Waals surface area contributed by atoms with Crippen LogP contribution in [0.1, 0.15) is 121 Å². The van der Waals surface area contributed by atoms with E-state index in [2.05, 4.69) is 33.8 Å². The molecule has 0 radical (unpaired) electrons. The maximum absolute atomic E-state index is 13.0. The Morgan fingerprint density at radius 3 is 2.12 bits per heavy atom. The van der Waals surface area contributed by atoms with Crippen LogP contribution in [0, 0.1) is 50.2 Å². The minimum Gasteiger partial charge on any atom is -0.462 e. The number of allylic oxidation sites excluding steroid dienone is 4. The molecule has 4 N–H and O–H groups in total. The lowest BCUT2D eigenvalue weighted by Crippen LogP contribution is -2.72. The van der Waals surface area contributed by atoms with Gasteiger partial charge < -0.3 is 29.9 Å². The van der Waals surface area contributed by atoms with E-state index in [4.69, 9.17) is 9.47 Å². The highest BCUT2D eigenvalue weighted by atomic mass is 16.6. The van der Waals surface area contributed by atoms with Crippen LogP contribution in [0.3, 0.4) is 0 Å². The number of hydrogen-bond acceptors (Lipinski definition) is 8. The number of aliphatic hydroxyl groups is 4. The summed E-state index contributed by atoms with van der Waals surface area (Å²) in [4.78, 5) is 25.7. The molecule has 0 amide bonds. The third-order valence-corrected chi connectivity index (χ3v) is 15.7. The van der Waals surface area contributed by atoms with Gasteiger partial charge in [-0.25, -0.2) is 9.59 Å². The second-order valence-electron chi connectivity index (χ2n) is 18.0. The van der Waals surface area contributed by atoms with Crippen LogP contribution < -0.4 is 0 Å². The predicted molar refractivity (Wildman–Crippen MR) is 189 cm³/mol. The summed E-state index contributed by atoms with van der Waals surface area (Å²) >= 11 is 0. The summed E-state index contributed by atoms with van der Waals surface area (Å²) in [6.45, 7) is 20.0. The summed E-state index contributed by atoms with van der Waals surface area (Å²) in [6.07, 6.45) is 7.99. The van der Waals surface area contributed by atoms with Crippen molar-refractivity contribution >= 4 is 11.9 Å². The summed E-state index contributed by atoms with van der Waals surface area (Å²) < 4.78 is 11.9. The zero-order chi connectivity index (χ0) is 36.5. The minimum atomic E-state index is -1.26. The number of rotatable bonds is 7. The second kappa shape index (κ2) is 12.9. The summed E-state index contributed by atoms with van der Waals surface area (Å²) in [5.41, 5.74) is -0.910. The van der Waals surface area contributed by atoms with Gasteiger partial charge in [-0.15, -0.1) is 0 Å². The summed E-state index contributed by atoms with van der Waals surface area (Å²) in [5.74, 6) is -0.724. The smallest absolute Gasteiger partial charge is 0.333 e. The van der Waals surface area contributed by atoms with Crippen LogP contribution in [0.4, 0.5) is 0 Å². The quantitative estimate of drug-likeness (QED) is 0.137. The van der Waals surface area contributed by atoms with Crippen molar-refractivity contribution in [3.63, 3.8) is 0 Å². The van der Waals surface area contributed by atoms with Gasteiger partial charge in [-0.3, -0.25) is 0 Å². The van der Waals surface area contributed by atoms with Crippen molar-refractivity contribution in [2.75, 3.05) is 13.2 Å². The van der Waals surface area contributed by atoms with Crippen molar-refractivity contribution in [2.45, 2.75) is 145 Å². The molecule has 5 rings (SSSR count). The van der Waals surface area contributed by atoms with Gasteiger partial charge in [0.25, 0.3) is 0 Å². The third kappa shape index (κ3) is 5.27. The van der Waals surface area contributed by atoms with Crippen LogP contribution in [0.15, 0.2) is 34.9 Å². The molecule has 0 bridgehead atoms. The van der Waals surface area contributed by atoms with Gasteiger partial charge in [0.05, 0.1) is 30.8 Å². The maximum atomic E-state index is 13.0. The highest BCUT2D eigenvalue weighted by molar-refractivity contribution is 5.88. The van der Waals surface area contributed by atoms with E-state index in [1.807, 2.05) is 20.8 Å². The molecular formula is C41H64O8. The molecule has 0 heterocycles. The molecule has 4 fully saturated rings. The number of ether oxygens (including phenoxy) is 2. The molecule has 0 saturated heterocycles. The molecule has 3 unspecified atom stereocenters. The fourth-order valence-electron chi connectivity index (χ4n) is 12.4. The SMILES string of the molecule is C/C=C(\C)C(=O)OC[C@]1(C)C2CC[C@]3(C)C(CC=C4C5CC(C)(C)[C@@H](OC(=O)/C(C)=C/C)[C@H](O)[C@]5(CO)[C@H](O)C[C@]43CC)[C@@]2(C)CC[C@@H]1O. The fraction of sp³-hybridized carbons (Fsp3) is 0.805. The van der Waals surface area contributed by atoms with Gasteiger partial charge in [-0.1, -0.05) is 65.3 Å². The fourth-order valence-corrected chi connectivity index (χ4v) is 12.4. The Kier molecular flexibility index (Phi) is 10.1. The molecule has 5 aliphatic carbocycles. The Hall–Kier alpha value is -2.00. The van der Waals surface area contributed by atoms with Gasteiger partial charge in [-0.05, 0) is 113 Å². The molecule has 8 nitrogen and oxygen atoms in total. The van der Waals surface area contributed by atoms with E-state index >= 15 is 0 Å². The topological polar surface area (TPSA) is 134 Å². The number of esters is 2. The van der Waals surface area contributed by atoms with Gasteiger partial charge in [0.2, 0.25) is 0 Å². The first-order valence-electron chi connectivity index (χ1n) is 18.8. The van der Waals surface area contributed by atoms with E-state index in [1.54, 1.807) is 32.9 Å². The first-order valence-corrected chi connectivity index (χ1v) is 18.8. The number of carbonyl (C=O) groups is 2. The maximum Gasteiger partial charge on any atom is 0.333 e. The first-order chi connectivity index (χ1) is 22.8. The first kappa shape index (κ1) is 38.2. The predicted octanol–water partition coefficient (Wildman–Crippen LogP) is 6.45. The van der Waals surface area contributed by atoms with Crippen molar-refractivity contribution in [1.29, 1.82) is 0 Å². The van der Waals surface area contributed by atoms with Gasteiger partial charge in [0.15, 0.2) is 0 Å². The normalized spacial score (nSPS) is 46.3. The van der Waals surface area contributed by atoms with Crippen LogP contribution >= 0.6 is 0 Å². The molecule has 0 spiro atoms. The minimum absolute atomic E-state index is 0.140. The van der Waals surface area contributed by atoms with E-state index in [0.717, 1.165) is 32.1 Å². The lowest BCUT2D eigenvalue weighted by atomic mass is 9.32. The van der Waals surface area contributed by atoms with Gasteiger partial charge >= 0.3 is 11.9 Å². The number of hydrogen-bond donors (Lipinski definition) is 4. The highest BCUT2D eigenvalue weighted by Crippen LogP contribution is 2.76. The molecule has 49 heavy (non-hydrogen) atoms. The number of fused-ring (bicyclic) bond motifs is 7. The van der Waals surface area contributed by atoms with Crippen molar-refractivity contribution in [3.05, 3.63) is 34.9 Å². The Morgan fingerprint density at radius 2 is 1.53 bits per heavy atom. The summed E-state index contributed by atoms with van der Waals surface area (Å²) in [6, 6.07) is 0. The average molecular weight is 685 g/mol. The summed E-state index contributed by atoms with van der Waals surface area (Å²) in [5, 5.41) is 47.2. The number of aliphatic hydroxyl groups excluding tert-OH is 4. The molecule has 0 aliphatic heterocycles. The molecule has 8 heteroatoms. The van der Waals surface area contributed by atoms with Crippen molar-refractivity contribution < 1.29 is 39.5 Å². The van der Waals surface area contributed by atoms with Gasteiger partial charge in [0.1, 0.15) is 12.2 Å². The van der Waals surface area contributed by atoms with Crippen LogP contribution in [0.25, 0.3) is 0 Å². The lowest BCUT2D eigenvalue weighted by Gasteiger charge is -2.73. The molecular weight excluding hydrogens is 620 g/mol. The Bertz CT molecular complexity index is 1410. The second-order valence-corrected chi connectivity index (χ2v) is 18.0. The molecule has 4 saturated carbocycles. The van der Waals surface area contributed by atoms with Gasteiger partial charge in [-0.2, -0.15) is 0 Å². The largest absolute Gasteiger partial charge is 0.462 e.